The van der Waals surface area contributed by atoms with Crippen LogP contribution in [0, 0.1) is 0 Å². The summed E-state index contributed by atoms with van der Waals surface area (Å²) in [6.45, 7) is 4.64. The second-order valence-corrected chi connectivity index (χ2v) is 5.34. The minimum absolute atomic E-state index is 0.551. The number of nitrogens with zero attached hydrogens (tertiary/aromatic N) is 1. The number of nitrogens with one attached hydrogen (secondary N) is 1. The maximum Gasteiger partial charge on any atom is 0.0413 e. The first-order valence-corrected chi connectivity index (χ1v) is 6.63. The Morgan fingerprint density at radius 1 is 1.60 bits per heavy atom. The number of likely N-dealkylation sites (N-methyl/N-ethyl adjacent to an activating group) is 1. The average Bonchev–Trinajstić information content (AvgIpc) is 2.82. The van der Waals surface area contributed by atoms with Crippen molar-refractivity contribution in [2.75, 3.05) is 20.1 Å². The van der Waals surface area contributed by atoms with Crippen molar-refractivity contribution in [1.82, 2.24) is 10.2 Å². The Hall–Kier alpha value is -0.380. The van der Waals surface area contributed by atoms with Crippen LogP contribution in [-0.2, 0) is 0 Å². The summed E-state index contributed by atoms with van der Waals surface area (Å²) < 4.78 is 0. The van der Waals surface area contributed by atoms with E-state index in [4.69, 9.17) is 0 Å². The zero-order valence-electron chi connectivity index (χ0n) is 9.57. The molecule has 2 atom stereocenters. The van der Waals surface area contributed by atoms with Gasteiger partial charge in [0, 0.05) is 23.5 Å². The molecular formula is C12H20N2S. The van der Waals surface area contributed by atoms with Crippen LogP contribution in [0.2, 0.25) is 0 Å². The van der Waals surface area contributed by atoms with E-state index in [0.29, 0.717) is 12.1 Å². The SMILES string of the molecule is CC(c1cccs1)N(C)C1CCCNC1. The van der Waals surface area contributed by atoms with Gasteiger partial charge in [-0.15, -0.1) is 11.3 Å². The van der Waals surface area contributed by atoms with E-state index in [1.807, 2.05) is 11.3 Å². The van der Waals surface area contributed by atoms with Gasteiger partial charge in [0.1, 0.15) is 0 Å². The molecule has 2 heterocycles. The molecule has 0 amide bonds. The first kappa shape index (κ1) is 11.1. The van der Waals surface area contributed by atoms with Gasteiger partial charge < -0.3 is 5.32 Å². The van der Waals surface area contributed by atoms with Crippen molar-refractivity contribution in [3.05, 3.63) is 22.4 Å². The Labute approximate surface area is 96.3 Å². The maximum absolute atomic E-state index is 3.48. The Morgan fingerprint density at radius 2 is 2.47 bits per heavy atom. The van der Waals surface area contributed by atoms with Gasteiger partial charge >= 0.3 is 0 Å². The van der Waals surface area contributed by atoms with Gasteiger partial charge in [-0.1, -0.05) is 6.07 Å². The van der Waals surface area contributed by atoms with Crippen molar-refractivity contribution in [1.29, 1.82) is 0 Å². The zero-order chi connectivity index (χ0) is 10.7. The van der Waals surface area contributed by atoms with E-state index in [0.717, 1.165) is 6.54 Å². The third-order valence-corrected chi connectivity index (χ3v) is 4.46. The van der Waals surface area contributed by atoms with Crippen LogP contribution in [0.4, 0.5) is 0 Å². The fourth-order valence-electron chi connectivity index (χ4n) is 2.23. The highest BCUT2D eigenvalue weighted by atomic mass is 32.1. The van der Waals surface area contributed by atoms with Crippen molar-refractivity contribution in [3.63, 3.8) is 0 Å². The van der Waals surface area contributed by atoms with E-state index in [-0.39, 0.29) is 0 Å². The second-order valence-electron chi connectivity index (χ2n) is 4.36. The van der Waals surface area contributed by atoms with E-state index in [1.165, 1.54) is 24.3 Å². The molecule has 0 aliphatic carbocycles. The molecule has 0 saturated carbocycles. The maximum atomic E-state index is 3.48. The summed E-state index contributed by atoms with van der Waals surface area (Å²) in [5, 5.41) is 5.64. The molecule has 1 aromatic heterocycles. The molecule has 15 heavy (non-hydrogen) atoms. The van der Waals surface area contributed by atoms with E-state index < -0.39 is 0 Å². The van der Waals surface area contributed by atoms with Crippen LogP contribution in [0.3, 0.4) is 0 Å². The molecule has 84 valence electrons. The second kappa shape index (κ2) is 5.10. The molecule has 1 aliphatic heterocycles. The third kappa shape index (κ3) is 2.60. The lowest BCUT2D eigenvalue weighted by Gasteiger charge is -2.35. The predicted octanol–water partition coefficient (Wildman–Crippen LogP) is 2.49. The molecule has 0 aromatic carbocycles. The smallest absolute Gasteiger partial charge is 0.0413 e. The standard InChI is InChI=1S/C12H20N2S/c1-10(12-6-4-8-15-12)14(2)11-5-3-7-13-9-11/h4,6,8,10-11,13H,3,5,7,9H2,1-2H3. The van der Waals surface area contributed by atoms with Crippen LogP contribution in [-0.4, -0.2) is 31.1 Å². The van der Waals surface area contributed by atoms with Gasteiger partial charge in [-0.3, -0.25) is 4.90 Å². The van der Waals surface area contributed by atoms with Gasteiger partial charge in [-0.05, 0) is 44.8 Å². The van der Waals surface area contributed by atoms with Crippen LogP contribution in [0.25, 0.3) is 0 Å². The summed E-state index contributed by atoms with van der Waals surface area (Å²) in [6, 6.07) is 5.64. The summed E-state index contributed by atoms with van der Waals surface area (Å²) >= 11 is 1.86. The highest BCUT2D eigenvalue weighted by molar-refractivity contribution is 7.10. The van der Waals surface area contributed by atoms with Crippen LogP contribution >= 0.6 is 11.3 Å². The molecule has 1 N–H and O–H groups in total. The average molecular weight is 224 g/mol. The van der Waals surface area contributed by atoms with Gasteiger partial charge in [-0.25, -0.2) is 0 Å². The van der Waals surface area contributed by atoms with Crippen molar-refractivity contribution in [2.45, 2.75) is 31.8 Å². The fraction of sp³-hybridized carbons (Fsp3) is 0.667. The molecule has 1 saturated heterocycles. The van der Waals surface area contributed by atoms with Crippen LogP contribution in [0.1, 0.15) is 30.7 Å². The first-order chi connectivity index (χ1) is 7.29. The Bertz CT molecular complexity index is 278. The largest absolute Gasteiger partial charge is 0.315 e. The highest BCUT2D eigenvalue weighted by Crippen LogP contribution is 2.26. The fourth-order valence-corrected chi connectivity index (χ4v) is 3.06. The first-order valence-electron chi connectivity index (χ1n) is 5.75. The van der Waals surface area contributed by atoms with Crippen LogP contribution < -0.4 is 5.32 Å². The molecule has 2 rings (SSSR count). The molecular weight excluding hydrogens is 204 g/mol. The summed E-state index contributed by atoms with van der Waals surface area (Å²) in [6.07, 6.45) is 2.64. The molecule has 0 radical (unpaired) electrons. The Balaban J connectivity index is 1.97. The number of rotatable bonds is 3. The summed E-state index contributed by atoms with van der Waals surface area (Å²) in [5.74, 6) is 0. The molecule has 0 bridgehead atoms. The number of thiophene rings is 1. The number of hydrogen-bond acceptors (Lipinski definition) is 3. The molecule has 2 nitrogen and oxygen atoms in total. The minimum atomic E-state index is 0.551. The molecule has 1 aromatic rings. The monoisotopic (exact) mass is 224 g/mol. The quantitative estimate of drug-likeness (QED) is 0.848. The van der Waals surface area contributed by atoms with Gasteiger partial charge in [0.2, 0.25) is 0 Å². The third-order valence-electron chi connectivity index (χ3n) is 3.41. The Kier molecular flexibility index (Phi) is 3.78. The van der Waals surface area contributed by atoms with Gasteiger partial charge in [-0.2, -0.15) is 0 Å². The topological polar surface area (TPSA) is 15.3 Å². The van der Waals surface area contributed by atoms with Crippen LogP contribution in [0.15, 0.2) is 17.5 Å². The van der Waals surface area contributed by atoms with Crippen molar-refractivity contribution in [3.8, 4) is 0 Å². The highest BCUT2D eigenvalue weighted by Gasteiger charge is 2.22. The number of hydrogen-bond donors (Lipinski definition) is 1. The normalized spacial score (nSPS) is 24.3. The summed E-state index contributed by atoms with van der Waals surface area (Å²) in [5.41, 5.74) is 0. The van der Waals surface area contributed by atoms with E-state index in [2.05, 4.69) is 41.7 Å². The number of piperidine rings is 1. The minimum Gasteiger partial charge on any atom is -0.315 e. The lowest BCUT2D eigenvalue weighted by molar-refractivity contribution is 0.158. The predicted molar refractivity (Wildman–Crippen MR) is 66.4 cm³/mol. The van der Waals surface area contributed by atoms with Crippen LogP contribution in [0.5, 0.6) is 0 Å². The van der Waals surface area contributed by atoms with Gasteiger partial charge in [0.25, 0.3) is 0 Å². The molecule has 1 aliphatic rings. The van der Waals surface area contributed by atoms with E-state index >= 15 is 0 Å². The van der Waals surface area contributed by atoms with Crippen molar-refractivity contribution < 1.29 is 0 Å². The van der Waals surface area contributed by atoms with Gasteiger partial charge in [0.15, 0.2) is 0 Å². The van der Waals surface area contributed by atoms with Gasteiger partial charge in [0.05, 0.1) is 0 Å². The molecule has 3 heteroatoms. The van der Waals surface area contributed by atoms with Crippen molar-refractivity contribution in [2.24, 2.45) is 0 Å². The molecule has 1 fully saturated rings. The van der Waals surface area contributed by atoms with Crippen molar-refractivity contribution >= 4 is 11.3 Å². The molecule has 2 unspecified atom stereocenters. The Morgan fingerprint density at radius 3 is 3.07 bits per heavy atom. The summed E-state index contributed by atoms with van der Waals surface area (Å²) in [7, 11) is 2.25. The summed E-state index contributed by atoms with van der Waals surface area (Å²) in [4.78, 5) is 3.99. The van der Waals surface area contributed by atoms with E-state index in [1.54, 1.807) is 0 Å². The lowest BCUT2D eigenvalue weighted by atomic mass is 10.0. The lowest BCUT2D eigenvalue weighted by Crippen LogP contribution is -2.44. The zero-order valence-corrected chi connectivity index (χ0v) is 10.4. The molecule has 0 spiro atoms. The van der Waals surface area contributed by atoms with E-state index in [9.17, 15) is 0 Å².